The summed E-state index contributed by atoms with van der Waals surface area (Å²) in [4.78, 5) is 0. The molecule has 0 saturated heterocycles. The van der Waals surface area contributed by atoms with Crippen LogP contribution in [0.15, 0.2) is 0 Å². The van der Waals surface area contributed by atoms with Crippen LogP contribution in [0.2, 0.25) is 0 Å². The van der Waals surface area contributed by atoms with Crippen molar-refractivity contribution in [1.82, 2.24) is 0 Å². The van der Waals surface area contributed by atoms with Gasteiger partial charge in [0.1, 0.15) is 0 Å². The fourth-order valence-corrected chi connectivity index (χ4v) is 3.31. The molecule has 146 valence electrons. The third-order valence-corrected chi connectivity index (χ3v) is 4.93. The molecule has 0 aliphatic carbocycles. The molecule has 0 aliphatic rings. The van der Waals surface area contributed by atoms with Gasteiger partial charge in [0.25, 0.3) is 0 Å². The van der Waals surface area contributed by atoms with E-state index in [0.29, 0.717) is 6.42 Å². The summed E-state index contributed by atoms with van der Waals surface area (Å²) in [5, 5.41) is 0. The summed E-state index contributed by atoms with van der Waals surface area (Å²) in [6, 6.07) is 0. The molecule has 0 heterocycles. The van der Waals surface area contributed by atoms with Crippen LogP contribution in [-0.2, 0) is 14.6 Å². The Bertz CT molecular complexity index is 347. The van der Waals surface area contributed by atoms with Crippen LogP contribution < -0.4 is 29.6 Å². The van der Waals surface area contributed by atoms with E-state index in [4.69, 9.17) is 0 Å². The van der Waals surface area contributed by atoms with E-state index < -0.39 is 10.4 Å². The fourth-order valence-electron chi connectivity index (χ4n) is 2.99. The molecule has 0 radical (unpaired) electrons. The molecular formula is C19H39NaO4S. The van der Waals surface area contributed by atoms with E-state index >= 15 is 0 Å². The fraction of sp³-hybridized carbons (Fsp3) is 1.00. The topological polar surface area (TPSA) is 66.4 Å². The minimum Gasteiger partial charge on any atom is -0.726 e. The van der Waals surface area contributed by atoms with Gasteiger partial charge in [0.2, 0.25) is 10.4 Å². The van der Waals surface area contributed by atoms with Crippen LogP contribution in [0.1, 0.15) is 116 Å². The third-order valence-electron chi connectivity index (χ3n) is 4.48. The normalized spacial score (nSPS) is 11.4. The van der Waals surface area contributed by atoms with Crippen molar-refractivity contribution in [3.63, 3.8) is 0 Å². The Hall–Kier alpha value is 0.870. The van der Waals surface area contributed by atoms with Crippen LogP contribution in [-0.4, -0.2) is 19.6 Å². The molecule has 0 bridgehead atoms. The second-order valence-corrected chi connectivity index (χ2v) is 7.94. The average molecular weight is 387 g/mol. The molecule has 0 rings (SSSR count). The third kappa shape index (κ3) is 27.2. The Labute approximate surface area is 179 Å². The number of rotatable bonds is 19. The molecule has 0 aromatic heterocycles. The molecule has 0 aromatic rings. The van der Waals surface area contributed by atoms with Crippen molar-refractivity contribution >= 4 is 10.4 Å². The van der Waals surface area contributed by atoms with Crippen molar-refractivity contribution in [2.24, 2.45) is 0 Å². The molecule has 0 spiro atoms. The minimum atomic E-state index is -4.50. The van der Waals surface area contributed by atoms with Gasteiger partial charge in [0, 0.05) is 0 Å². The Balaban J connectivity index is 0. The molecule has 0 unspecified atom stereocenters. The molecule has 6 heteroatoms. The van der Waals surface area contributed by atoms with E-state index in [1.165, 1.54) is 89.9 Å². The smallest absolute Gasteiger partial charge is 0.726 e. The van der Waals surface area contributed by atoms with Gasteiger partial charge >= 0.3 is 29.6 Å². The van der Waals surface area contributed by atoms with E-state index in [0.717, 1.165) is 12.8 Å². The first-order valence-corrected chi connectivity index (χ1v) is 11.5. The van der Waals surface area contributed by atoms with Gasteiger partial charge in [0.05, 0.1) is 6.61 Å². The first-order chi connectivity index (χ1) is 11.6. The summed E-state index contributed by atoms with van der Waals surface area (Å²) in [7, 11) is -4.50. The summed E-state index contributed by atoms with van der Waals surface area (Å²) in [5.41, 5.74) is 0. The monoisotopic (exact) mass is 386 g/mol. The number of unbranched alkanes of at least 4 members (excludes halogenated alkanes) is 16. The zero-order valence-electron chi connectivity index (χ0n) is 16.8. The van der Waals surface area contributed by atoms with Gasteiger partial charge < -0.3 is 4.55 Å². The molecule has 4 nitrogen and oxygen atoms in total. The van der Waals surface area contributed by atoms with Crippen LogP contribution in [0.4, 0.5) is 0 Å². The standard InChI is InChI=1S/C19H40O4S.Na/c1-2-3-4-5-6-7-8-9-10-11-12-13-14-15-16-17-18-19-23-24(20,21)22;/h2-19H2,1H3,(H,20,21,22);/q;+1/p-1. The summed E-state index contributed by atoms with van der Waals surface area (Å²) in [6.07, 6.45) is 21.8. The predicted molar refractivity (Wildman–Crippen MR) is 99.8 cm³/mol. The number of hydrogen-bond donors (Lipinski definition) is 0. The van der Waals surface area contributed by atoms with Crippen molar-refractivity contribution in [3.8, 4) is 0 Å². The van der Waals surface area contributed by atoms with Gasteiger partial charge in [-0.1, -0.05) is 110 Å². The second-order valence-electron chi connectivity index (χ2n) is 6.89. The second kappa shape index (κ2) is 21.2. The zero-order valence-corrected chi connectivity index (χ0v) is 19.6. The zero-order chi connectivity index (χ0) is 17.9. The molecule has 0 aromatic carbocycles. The van der Waals surface area contributed by atoms with Gasteiger partial charge in [-0.3, -0.25) is 4.18 Å². The van der Waals surface area contributed by atoms with Gasteiger partial charge in [-0.15, -0.1) is 0 Å². The van der Waals surface area contributed by atoms with Gasteiger partial charge in [-0.25, -0.2) is 8.42 Å². The van der Waals surface area contributed by atoms with Crippen LogP contribution in [0, 0.1) is 0 Å². The van der Waals surface area contributed by atoms with Crippen LogP contribution in [0.5, 0.6) is 0 Å². The molecule has 0 fully saturated rings. The summed E-state index contributed by atoms with van der Waals surface area (Å²) >= 11 is 0. The van der Waals surface area contributed by atoms with Gasteiger partial charge in [0.15, 0.2) is 0 Å². The van der Waals surface area contributed by atoms with Crippen molar-refractivity contribution in [2.45, 2.75) is 116 Å². The molecule has 0 aliphatic heterocycles. The van der Waals surface area contributed by atoms with Crippen LogP contribution in [0.3, 0.4) is 0 Å². The van der Waals surface area contributed by atoms with E-state index in [2.05, 4.69) is 11.1 Å². The maximum Gasteiger partial charge on any atom is 1.00 e. The van der Waals surface area contributed by atoms with Crippen molar-refractivity contribution in [2.75, 3.05) is 6.61 Å². The Morgan fingerprint density at radius 2 is 0.880 bits per heavy atom. The Kier molecular flexibility index (Phi) is 23.8. The average Bonchev–Trinajstić information content (AvgIpc) is 2.52. The van der Waals surface area contributed by atoms with E-state index in [-0.39, 0.29) is 36.2 Å². The molecule has 0 N–H and O–H groups in total. The summed E-state index contributed by atoms with van der Waals surface area (Å²) < 4.78 is 34.8. The van der Waals surface area contributed by atoms with Gasteiger partial charge in [-0.2, -0.15) is 0 Å². The van der Waals surface area contributed by atoms with Crippen molar-refractivity contribution in [1.29, 1.82) is 0 Å². The molecule has 0 saturated carbocycles. The maximum absolute atomic E-state index is 10.2. The molecule has 0 atom stereocenters. The van der Waals surface area contributed by atoms with Crippen LogP contribution in [0.25, 0.3) is 0 Å². The molecular weight excluding hydrogens is 347 g/mol. The Morgan fingerprint density at radius 1 is 0.600 bits per heavy atom. The quantitative estimate of drug-likeness (QED) is 0.148. The largest absolute Gasteiger partial charge is 1.00 e. The first kappa shape index (κ1) is 28.1. The Morgan fingerprint density at radius 3 is 1.16 bits per heavy atom. The van der Waals surface area contributed by atoms with E-state index in [1.54, 1.807) is 0 Å². The summed E-state index contributed by atoms with van der Waals surface area (Å²) in [6.45, 7) is 2.30. The molecule has 25 heavy (non-hydrogen) atoms. The SMILES string of the molecule is CCCCCCCCCCCCCCCCCCCOS(=O)(=O)[O-].[Na+]. The first-order valence-electron chi connectivity index (χ1n) is 10.2. The maximum atomic E-state index is 10.2. The van der Waals surface area contributed by atoms with Crippen LogP contribution >= 0.6 is 0 Å². The van der Waals surface area contributed by atoms with E-state index in [9.17, 15) is 13.0 Å². The van der Waals surface area contributed by atoms with Crippen molar-refractivity contribution < 1.29 is 46.7 Å². The van der Waals surface area contributed by atoms with Gasteiger partial charge in [-0.05, 0) is 6.42 Å². The van der Waals surface area contributed by atoms with E-state index in [1.807, 2.05) is 0 Å². The predicted octanol–water partition coefficient (Wildman–Crippen LogP) is 3.12. The molecule has 0 amide bonds. The number of hydrogen-bond acceptors (Lipinski definition) is 4. The minimum absolute atomic E-state index is 0. The summed E-state index contributed by atoms with van der Waals surface area (Å²) in [5.74, 6) is 0. The van der Waals surface area contributed by atoms with Crippen molar-refractivity contribution in [3.05, 3.63) is 0 Å².